The molecule has 0 bridgehead atoms. The fraction of sp³-hybridized carbons (Fsp3) is 0.889. The second kappa shape index (κ2) is 2.50. The van der Waals surface area contributed by atoms with Crippen LogP contribution in [0.2, 0.25) is 0 Å². The summed E-state index contributed by atoms with van der Waals surface area (Å²) < 4.78 is 0. The molecule has 0 aromatic carbocycles. The molecule has 0 amide bonds. The fourth-order valence-electron chi connectivity index (χ4n) is 1.37. The Morgan fingerprint density at radius 2 is 2.18 bits per heavy atom. The zero-order valence-electron chi connectivity index (χ0n) is 7.14. The largest absolute Gasteiger partial charge is 0.307 e. The highest BCUT2D eigenvalue weighted by Gasteiger charge is 2.30. The Labute approximate surface area is 68.1 Å². The molecule has 0 aromatic rings. The number of rotatable bonds is 3. The standard InChI is InChI=1S/C9H16N2/c1-9(5-2-6-9)7-10-11-8-3-4-8/h7-8,11H,2-6H2,1H3/b10-7+. The van der Waals surface area contributed by atoms with Crippen molar-refractivity contribution in [1.29, 1.82) is 0 Å². The first-order valence-electron chi connectivity index (χ1n) is 4.58. The average molecular weight is 152 g/mol. The Kier molecular flexibility index (Phi) is 1.63. The van der Waals surface area contributed by atoms with E-state index < -0.39 is 0 Å². The zero-order valence-corrected chi connectivity index (χ0v) is 7.14. The highest BCUT2D eigenvalue weighted by Crippen LogP contribution is 2.38. The summed E-state index contributed by atoms with van der Waals surface area (Å²) in [7, 11) is 0. The van der Waals surface area contributed by atoms with Crippen LogP contribution < -0.4 is 5.43 Å². The van der Waals surface area contributed by atoms with E-state index in [9.17, 15) is 0 Å². The monoisotopic (exact) mass is 152 g/mol. The van der Waals surface area contributed by atoms with Crippen LogP contribution in [-0.2, 0) is 0 Å². The van der Waals surface area contributed by atoms with Gasteiger partial charge in [-0.05, 0) is 25.7 Å². The molecule has 2 heteroatoms. The second-order valence-electron chi connectivity index (χ2n) is 4.17. The number of nitrogens with one attached hydrogen (secondary N) is 1. The highest BCUT2D eigenvalue weighted by molar-refractivity contribution is 5.66. The van der Waals surface area contributed by atoms with Crippen LogP contribution in [0.4, 0.5) is 0 Å². The van der Waals surface area contributed by atoms with E-state index in [0.717, 1.165) is 0 Å². The van der Waals surface area contributed by atoms with Crippen LogP contribution in [0, 0.1) is 5.41 Å². The van der Waals surface area contributed by atoms with Gasteiger partial charge in [-0.25, -0.2) is 0 Å². The van der Waals surface area contributed by atoms with Crippen LogP contribution in [-0.4, -0.2) is 12.3 Å². The molecule has 0 radical (unpaired) electrons. The van der Waals surface area contributed by atoms with Gasteiger partial charge in [-0.2, -0.15) is 5.10 Å². The normalized spacial score (nSPS) is 28.5. The van der Waals surface area contributed by atoms with Crippen molar-refractivity contribution in [2.75, 3.05) is 0 Å². The molecule has 11 heavy (non-hydrogen) atoms. The van der Waals surface area contributed by atoms with Crippen molar-refractivity contribution in [3.05, 3.63) is 0 Å². The van der Waals surface area contributed by atoms with Gasteiger partial charge < -0.3 is 5.43 Å². The Bertz CT molecular complexity index is 166. The third kappa shape index (κ3) is 1.73. The van der Waals surface area contributed by atoms with Crippen molar-refractivity contribution in [1.82, 2.24) is 5.43 Å². The highest BCUT2D eigenvalue weighted by atomic mass is 15.3. The van der Waals surface area contributed by atoms with E-state index in [2.05, 4.69) is 23.7 Å². The van der Waals surface area contributed by atoms with Gasteiger partial charge in [0.2, 0.25) is 0 Å². The second-order valence-corrected chi connectivity index (χ2v) is 4.17. The molecule has 2 rings (SSSR count). The molecule has 0 atom stereocenters. The molecule has 2 aliphatic carbocycles. The Hall–Kier alpha value is -0.530. The van der Waals surface area contributed by atoms with E-state index >= 15 is 0 Å². The molecular formula is C9H16N2. The summed E-state index contributed by atoms with van der Waals surface area (Å²) in [5.41, 5.74) is 3.58. The van der Waals surface area contributed by atoms with Crippen molar-refractivity contribution >= 4 is 6.21 Å². The summed E-state index contributed by atoms with van der Waals surface area (Å²) in [5, 5.41) is 4.25. The lowest BCUT2D eigenvalue weighted by atomic mass is 9.72. The number of nitrogens with zero attached hydrogens (tertiary/aromatic N) is 1. The molecule has 0 unspecified atom stereocenters. The molecule has 62 valence electrons. The van der Waals surface area contributed by atoms with E-state index in [1.54, 1.807) is 0 Å². The number of hydrazone groups is 1. The molecule has 1 N–H and O–H groups in total. The summed E-state index contributed by atoms with van der Waals surface area (Å²) in [4.78, 5) is 0. The molecular weight excluding hydrogens is 136 g/mol. The number of hydrogen-bond acceptors (Lipinski definition) is 2. The lowest BCUT2D eigenvalue weighted by molar-refractivity contribution is 0.268. The third-order valence-electron chi connectivity index (χ3n) is 2.71. The van der Waals surface area contributed by atoms with Crippen LogP contribution in [0.25, 0.3) is 0 Å². The molecule has 2 saturated carbocycles. The maximum Gasteiger partial charge on any atom is 0.0441 e. The van der Waals surface area contributed by atoms with E-state index in [0.29, 0.717) is 11.5 Å². The Balaban J connectivity index is 1.73. The predicted octanol–water partition coefficient (Wildman–Crippen LogP) is 1.91. The summed E-state index contributed by atoms with van der Waals surface area (Å²) in [6.07, 6.45) is 8.76. The van der Waals surface area contributed by atoms with Crippen LogP contribution in [0.1, 0.15) is 39.0 Å². The molecule has 2 nitrogen and oxygen atoms in total. The van der Waals surface area contributed by atoms with Gasteiger partial charge in [-0.15, -0.1) is 0 Å². The van der Waals surface area contributed by atoms with Crippen molar-refractivity contribution < 1.29 is 0 Å². The Morgan fingerprint density at radius 3 is 2.64 bits per heavy atom. The topological polar surface area (TPSA) is 24.4 Å². The van der Waals surface area contributed by atoms with Gasteiger partial charge >= 0.3 is 0 Å². The van der Waals surface area contributed by atoms with Crippen molar-refractivity contribution in [2.45, 2.75) is 45.1 Å². The van der Waals surface area contributed by atoms with Gasteiger partial charge in [-0.1, -0.05) is 13.3 Å². The van der Waals surface area contributed by atoms with Crippen molar-refractivity contribution in [3.63, 3.8) is 0 Å². The molecule has 0 saturated heterocycles. The minimum atomic E-state index is 0.432. The van der Waals surface area contributed by atoms with Crippen LogP contribution >= 0.6 is 0 Å². The first-order valence-corrected chi connectivity index (χ1v) is 4.58. The van der Waals surface area contributed by atoms with Gasteiger partial charge in [0.25, 0.3) is 0 Å². The van der Waals surface area contributed by atoms with Gasteiger partial charge in [-0.3, -0.25) is 0 Å². The summed E-state index contributed by atoms with van der Waals surface area (Å²) >= 11 is 0. The lowest BCUT2D eigenvalue weighted by Crippen LogP contribution is -2.28. The molecule has 0 aliphatic heterocycles. The number of hydrogen-bond donors (Lipinski definition) is 1. The fourth-order valence-corrected chi connectivity index (χ4v) is 1.37. The summed E-state index contributed by atoms with van der Waals surface area (Å²) in [6.45, 7) is 2.29. The van der Waals surface area contributed by atoms with Gasteiger partial charge in [0, 0.05) is 17.7 Å². The quantitative estimate of drug-likeness (QED) is 0.485. The van der Waals surface area contributed by atoms with Gasteiger partial charge in [0.05, 0.1) is 0 Å². The average Bonchev–Trinajstić information content (AvgIpc) is 2.68. The molecule has 0 aromatic heterocycles. The van der Waals surface area contributed by atoms with E-state index in [4.69, 9.17) is 0 Å². The first kappa shape index (κ1) is 7.14. The smallest absolute Gasteiger partial charge is 0.0441 e. The maximum atomic E-state index is 4.25. The Morgan fingerprint density at radius 1 is 1.45 bits per heavy atom. The van der Waals surface area contributed by atoms with E-state index in [1.807, 2.05) is 0 Å². The molecule has 2 aliphatic rings. The van der Waals surface area contributed by atoms with Crippen molar-refractivity contribution in [3.8, 4) is 0 Å². The summed E-state index contributed by atoms with van der Waals surface area (Å²) in [6, 6.07) is 0.704. The van der Waals surface area contributed by atoms with Gasteiger partial charge in [0.15, 0.2) is 0 Å². The van der Waals surface area contributed by atoms with Crippen LogP contribution in [0.5, 0.6) is 0 Å². The van der Waals surface area contributed by atoms with Crippen LogP contribution in [0.3, 0.4) is 0 Å². The molecule has 0 heterocycles. The van der Waals surface area contributed by atoms with Gasteiger partial charge in [0.1, 0.15) is 0 Å². The minimum Gasteiger partial charge on any atom is -0.307 e. The zero-order chi connectivity index (χ0) is 7.73. The van der Waals surface area contributed by atoms with E-state index in [-0.39, 0.29) is 0 Å². The lowest BCUT2D eigenvalue weighted by Gasteiger charge is -2.34. The van der Waals surface area contributed by atoms with Crippen LogP contribution in [0.15, 0.2) is 5.10 Å². The minimum absolute atomic E-state index is 0.432. The maximum absolute atomic E-state index is 4.25. The van der Waals surface area contributed by atoms with E-state index in [1.165, 1.54) is 32.1 Å². The molecule has 2 fully saturated rings. The third-order valence-corrected chi connectivity index (χ3v) is 2.71. The van der Waals surface area contributed by atoms with Crippen molar-refractivity contribution in [2.24, 2.45) is 10.5 Å². The summed E-state index contributed by atoms with van der Waals surface area (Å²) in [5.74, 6) is 0. The first-order chi connectivity index (χ1) is 5.29. The SMILES string of the molecule is CC1(/C=N/NC2CC2)CCC1. The predicted molar refractivity (Wildman–Crippen MR) is 46.6 cm³/mol. The molecule has 0 spiro atoms.